The standard InChI is InChI=1S/C9H8F2INO3/c1-16-7(15)3-5-8(9(10)11)4(12)2-6(14)13-5/h2,9H,3H2,1H3,(H,13,14). The molecule has 0 bridgehead atoms. The molecule has 0 radical (unpaired) electrons. The first-order valence-electron chi connectivity index (χ1n) is 4.22. The molecule has 88 valence electrons. The largest absolute Gasteiger partial charge is 0.469 e. The Morgan fingerprint density at radius 1 is 1.62 bits per heavy atom. The highest BCUT2D eigenvalue weighted by molar-refractivity contribution is 14.1. The van der Waals surface area contributed by atoms with Crippen molar-refractivity contribution in [1.82, 2.24) is 4.98 Å². The van der Waals surface area contributed by atoms with Crippen molar-refractivity contribution < 1.29 is 18.3 Å². The molecular formula is C9H8F2INO3. The minimum atomic E-state index is -2.75. The van der Waals surface area contributed by atoms with Crippen LogP contribution in [0.3, 0.4) is 0 Å². The number of esters is 1. The highest BCUT2D eigenvalue weighted by Crippen LogP contribution is 2.26. The quantitative estimate of drug-likeness (QED) is 0.671. The SMILES string of the molecule is COC(=O)Cc1[nH]c(=O)cc(I)c1C(F)F. The number of hydrogen-bond acceptors (Lipinski definition) is 3. The van der Waals surface area contributed by atoms with Gasteiger partial charge in [0.2, 0.25) is 5.56 Å². The number of H-pyrrole nitrogens is 1. The topological polar surface area (TPSA) is 59.2 Å². The molecule has 0 atom stereocenters. The summed E-state index contributed by atoms with van der Waals surface area (Å²) in [5.41, 5.74) is -0.947. The Labute approximate surface area is 103 Å². The summed E-state index contributed by atoms with van der Waals surface area (Å²) in [6, 6.07) is 1.06. The number of halogens is 3. The minimum absolute atomic E-state index is 0.0984. The van der Waals surface area contributed by atoms with Crippen LogP contribution in [-0.2, 0) is 16.0 Å². The second-order valence-electron chi connectivity index (χ2n) is 2.93. The smallest absolute Gasteiger partial charge is 0.311 e. The fraction of sp³-hybridized carbons (Fsp3) is 0.333. The van der Waals surface area contributed by atoms with Gasteiger partial charge in [0.05, 0.1) is 19.1 Å². The summed E-state index contributed by atoms with van der Waals surface area (Å²) in [5.74, 6) is -0.681. The molecule has 0 saturated carbocycles. The number of hydrogen-bond donors (Lipinski definition) is 1. The number of carbonyl (C=O) groups excluding carboxylic acids is 1. The van der Waals surface area contributed by atoms with Gasteiger partial charge in [-0.1, -0.05) is 0 Å². The van der Waals surface area contributed by atoms with Gasteiger partial charge < -0.3 is 9.72 Å². The average molecular weight is 343 g/mol. The fourth-order valence-corrected chi connectivity index (χ4v) is 2.02. The molecular weight excluding hydrogens is 335 g/mol. The first-order valence-corrected chi connectivity index (χ1v) is 5.30. The van der Waals surface area contributed by atoms with Crippen LogP contribution >= 0.6 is 22.6 Å². The van der Waals surface area contributed by atoms with Crippen molar-refractivity contribution in [1.29, 1.82) is 0 Å². The summed E-state index contributed by atoms with van der Waals surface area (Å²) < 4.78 is 29.9. The lowest BCUT2D eigenvalue weighted by atomic mass is 10.1. The maximum atomic E-state index is 12.7. The maximum absolute atomic E-state index is 12.7. The molecule has 0 fully saturated rings. The van der Waals surface area contributed by atoms with Crippen molar-refractivity contribution in [2.45, 2.75) is 12.8 Å². The Balaban J connectivity index is 3.24. The zero-order valence-electron chi connectivity index (χ0n) is 8.22. The number of rotatable bonds is 3. The summed E-state index contributed by atoms with van der Waals surface area (Å²) in [4.78, 5) is 24.3. The molecule has 1 aromatic heterocycles. The fourth-order valence-electron chi connectivity index (χ4n) is 1.18. The molecule has 0 unspecified atom stereocenters. The molecule has 0 aliphatic heterocycles. The molecule has 1 N–H and O–H groups in total. The van der Waals surface area contributed by atoms with Crippen LogP contribution in [0.5, 0.6) is 0 Å². The van der Waals surface area contributed by atoms with E-state index in [1.54, 1.807) is 22.6 Å². The summed E-state index contributed by atoms with van der Waals surface area (Å²) >= 11 is 1.63. The zero-order chi connectivity index (χ0) is 12.3. The lowest BCUT2D eigenvalue weighted by Gasteiger charge is -2.09. The van der Waals surface area contributed by atoms with E-state index in [4.69, 9.17) is 0 Å². The van der Waals surface area contributed by atoms with Crippen LogP contribution in [0, 0.1) is 3.57 Å². The van der Waals surface area contributed by atoms with Crippen molar-refractivity contribution in [3.8, 4) is 0 Å². The molecule has 7 heteroatoms. The van der Waals surface area contributed by atoms with Crippen LogP contribution in [0.2, 0.25) is 0 Å². The number of carbonyl (C=O) groups is 1. The highest BCUT2D eigenvalue weighted by Gasteiger charge is 2.20. The first-order chi connectivity index (χ1) is 7.45. The number of alkyl halides is 2. The Kier molecular flexibility index (Phi) is 4.39. The maximum Gasteiger partial charge on any atom is 0.311 e. The van der Waals surface area contributed by atoms with E-state index in [-0.39, 0.29) is 21.2 Å². The van der Waals surface area contributed by atoms with E-state index in [0.717, 1.165) is 13.2 Å². The highest BCUT2D eigenvalue weighted by atomic mass is 127. The molecule has 1 aromatic rings. The number of nitrogens with one attached hydrogen (secondary N) is 1. The van der Waals surface area contributed by atoms with Gasteiger partial charge in [-0.25, -0.2) is 8.78 Å². The number of aromatic amines is 1. The molecule has 1 rings (SSSR count). The molecule has 0 aliphatic carbocycles. The van der Waals surface area contributed by atoms with Crippen LogP contribution in [0.25, 0.3) is 0 Å². The van der Waals surface area contributed by atoms with Crippen molar-refractivity contribution >= 4 is 28.6 Å². The van der Waals surface area contributed by atoms with E-state index in [1.807, 2.05) is 0 Å². The van der Waals surface area contributed by atoms with Crippen LogP contribution in [0.15, 0.2) is 10.9 Å². The number of methoxy groups -OCH3 is 1. The molecule has 16 heavy (non-hydrogen) atoms. The summed E-state index contributed by atoms with van der Waals surface area (Å²) in [5, 5.41) is 0. The molecule has 4 nitrogen and oxygen atoms in total. The third kappa shape index (κ3) is 3.00. The average Bonchev–Trinajstić information content (AvgIpc) is 2.15. The number of ether oxygens (including phenoxy) is 1. The monoisotopic (exact) mass is 343 g/mol. The number of pyridine rings is 1. The Hall–Kier alpha value is -0.990. The molecule has 1 heterocycles. The van der Waals surface area contributed by atoms with E-state index in [1.165, 1.54) is 0 Å². The second-order valence-corrected chi connectivity index (χ2v) is 4.09. The van der Waals surface area contributed by atoms with Crippen molar-refractivity contribution in [2.75, 3.05) is 7.11 Å². The minimum Gasteiger partial charge on any atom is -0.469 e. The molecule has 0 amide bonds. The van der Waals surface area contributed by atoms with Gasteiger partial charge in [0, 0.05) is 15.3 Å². The van der Waals surface area contributed by atoms with Gasteiger partial charge in [-0.05, 0) is 22.6 Å². The summed E-state index contributed by atoms with van der Waals surface area (Å²) in [6.45, 7) is 0. The van der Waals surface area contributed by atoms with Gasteiger partial charge in [-0.2, -0.15) is 0 Å². The van der Waals surface area contributed by atoms with Crippen molar-refractivity contribution in [3.63, 3.8) is 0 Å². The predicted octanol–water partition coefficient (Wildman–Crippen LogP) is 1.63. The first kappa shape index (κ1) is 13.1. The lowest BCUT2D eigenvalue weighted by molar-refractivity contribution is -0.139. The van der Waals surface area contributed by atoms with Crippen LogP contribution < -0.4 is 5.56 Å². The van der Waals surface area contributed by atoms with Crippen molar-refractivity contribution in [2.24, 2.45) is 0 Å². The van der Waals surface area contributed by atoms with E-state index >= 15 is 0 Å². The predicted molar refractivity (Wildman–Crippen MR) is 60.5 cm³/mol. The zero-order valence-corrected chi connectivity index (χ0v) is 10.4. The lowest BCUT2D eigenvalue weighted by Crippen LogP contribution is -2.17. The second kappa shape index (κ2) is 5.37. The third-order valence-electron chi connectivity index (χ3n) is 1.88. The normalized spacial score (nSPS) is 10.6. The van der Waals surface area contributed by atoms with Gasteiger partial charge in [0.25, 0.3) is 6.43 Å². The molecule has 0 aliphatic rings. The van der Waals surface area contributed by atoms with Gasteiger partial charge >= 0.3 is 5.97 Å². The van der Waals surface area contributed by atoms with Crippen molar-refractivity contribution in [3.05, 3.63) is 31.2 Å². The van der Waals surface area contributed by atoms with Crippen LogP contribution in [0.1, 0.15) is 17.7 Å². The Morgan fingerprint density at radius 2 is 2.25 bits per heavy atom. The Bertz CT molecular complexity index is 459. The van der Waals surface area contributed by atoms with Gasteiger partial charge in [-0.3, -0.25) is 9.59 Å². The van der Waals surface area contributed by atoms with Crippen LogP contribution in [0.4, 0.5) is 8.78 Å². The third-order valence-corrected chi connectivity index (χ3v) is 2.77. The number of aromatic nitrogens is 1. The Morgan fingerprint density at radius 3 is 2.75 bits per heavy atom. The van der Waals surface area contributed by atoms with E-state index in [0.29, 0.717) is 0 Å². The van der Waals surface area contributed by atoms with Crippen LogP contribution in [-0.4, -0.2) is 18.1 Å². The summed E-state index contributed by atoms with van der Waals surface area (Å²) in [6.07, 6.45) is -3.12. The van der Waals surface area contributed by atoms with E-state index in [9.17, 15) is 18.4 Å². The van der Waals surface area contributed by atoms with E-state index in [2.05, 4.69) is 9.72 Å². The summed E-state index contributed by atoms with van der Waals surface area (Å²) in [7, 11) is 1.15. The van der Waals surface area contributed by atoms with Gasteiger partial charge in [0.1, 0.15) is 0 Å². The molecule has 0 aromatic carbocycles. The van der Waals surface area contributed by atoms with Gasteiger partial charge in [0.15, 0.2) is 0 Å². The molecule has 0 saturated heterocycles. The molecule has 0 spiro atoms. The van der Waals surface area contributed by atoms with E-state index < -0.39 is 18.0 Å². The van der Waals surface area contributed by atoms with Gasteiger partial charge in [-0.15, -0.1) is 0 Å².